The second kappa shape index (κ2) is 4.04. The van der Waals surface area contributed by atoms with Crippen LogP contribution < -0.4 is 5.32 Å². The van der Waals surface area contributed by atoms with Crippen molar-refractivity contribution in [2.24, 2.45) is 0 Å². The van der Waals surface area contributed by atoms with Crippen molar-refractivity contribution < 1.29 is 18.0 Å². The van der Waals surface area contributed by atoms with Gasteiger partial charge in [-0.15, -0.1) is 11.3 Å². The van der Waals surface area contributed by atoms with Gasteiger partial charge in [-0.2, -0.15) is 0 Å². The van der Waals surface area contributed by atoms with E-state index in [4.69, 9.17) is 0 Å². The molecule has 0 atom stereocenters. The fourth-order valence-electron chi connectivity index (χ4n) is 1.89. The van der Waals surface area contributed by atoms with Gasteiger partial charge in [-0.05, 0) is 6.07 Å². The minimum absolute atomic E-state index is 0.0537. The van der Waals surface area contributed by atoms with Crippen molar-refractivity contribution in [1.82, 2.24) is 9.62 Å². The fraction of sp³-hybridized carbons (Fsp3) is 0.0909. The number of hydrogen-bond donors (Lipinski definition) is 1. The molecule has 0 aliphatic carbocycles. The molecule has 1 aliphatic rings. The van der Waals surface area contributed by atoms with E-state index in [-0.39, 0.29) is 4.90 Å². The average Bonchev–Trinajstić information content (AvgIpc) is 2.93. The maximum Gasteiger partial charge on any atom is 0.338 e. The summed E-state index contributed by atoms with van der Waals surface area (Å²) in [4.78, 5) is 22.6. The van der Waals surface area contributed by atoms with Gasteiger partial charge in [0.1, 0.15) is 11.4 Å². The van der Waals surface area contributed by atoms with Crippen LogP contribution in [0.1, 0.15) is 0 Å². The number of sulfonamides is 1. The van der Waals surface area contributed by atoms with Crippen LogP contribution in [0, 0.1) is 0 Å². The van der Waals surface area contributed by atoms with E-state index >= 15 is 0 Å². The van der Waals surface area contributed by atoms with Gasteiger partial charge >= 0.3 is 6.03 Å². The highest BCUT2D eigenvalue weighted by Gasteiger charge is 2.38. The molecule has 98 valence electrons. The van der Waals surface area contributed by atoms with Gasteiger partial charge in [-0.25, -0.2) is 17.5 Å². The zero-order chi connectivity index (χ0) is 13.6. The average molecular weight is 296 g/mol. The molecule has 0 unspecified atom stereocenters. The number of carbonyl (C=O) groups is 2. The molecule has 1 aromatic carbocycles. The second-order valence-corrected chi connectivity index (χ2v) is 6.70. The number of carbonyl (C=O) groups excluding carboxylic acids is 2. The Balaban J connectivity index is 2.15. The van der Waals surface area contributed by atoms with Crippen LogP contribution in [-0.4, -0.2) is 31.2 Å². The highest BCUT2D eigenvalue weighted by Crippen LogP contribution is 2.31. The largest absolute Gasteiger partial charge is 0.338 e. The topological polar surface area (TPSA) is 83.6 Å². The van der Waals surface area contributed by atoms with E-state index in [1.165, 1.54) is 16.7 Å². The highest BCUT2D eigenvalue weighted by atomic mass is 32.2. The van der Waals surface area contributed by atoms with E-state index in [1.54, 1.807) is 24.3 Å². The van der Waals surface area contributed by atoms with Crippen LogP contribution >= 0.6 is 11.3 Å². The lowest BCUT2D eigenvalue weighted by Crippen LogP contribution is -2.34. The first kappa shape index (κ1) is 12.1. The molecular weight excluding hydrogens is 288 g/mol. The molecule has 3 rings (SSSR count). The Hall–Kier alpha value is -1.93. The lowest BCUT2D eigenvalue weighted by atomic mass is 10.3. The van der Waals surface area contributed by atoms with Crippen molar-refractivity contribution in [3.8, 4) is 0 Å². The Bertz CT molecular complexity index is 794. The molecule has 0 radical (unpaired) electrons. The monoisotopic (exact) mass is 296 g/mol. The molecule has 0 bridgehead atoms. The third-order valence-electron chi connectivity index (χ3n) is 2.77. The first-order valence-corrected chi connectivity index (χ1v) is 7.65. The minimum Gasteiger partial charge on any atom is -0.275 e. The Kier molecular flexibility index (Phi) is 2.58. The Morgan fingerprint density at radius 2 is 1.95 bits per heavy atom. The SMILES string of the molecule is O=C1CN(S(=O)(=O)c2csc3ccccc23)C(=O)N1. The normalized spacial score (nSPS) is 16.1. The van der Waals surface area contributed by atoms with E-state index in [0.29, 0.717) is 9.69 Å². The van der Waals surface area contributed by atoms with Gasteiger partial charge in [0.25, 0.3) is 10.0 Å². The molecule has 8 heteroatoms. The number of urea groups is 1. The summed E-state index contributed by atoms with van der Waals surface area (Å²) in [5.74, 6) is -0.617. The lowest BCUT2D eigenvalue weighted by Gasteiger charge is -2.12. The van der Waals surface area contributed by atoms with Gasteiger partial charge in [0.2, 0.25) is 5.91 Å². The number of nitrogens with one attached hydrogen (secondary N) is 1. The molecule has 1 aromatic heterocycles. The molecular formula is C11H8N2O4S2. The first-order valence-electron chi connectivity index (χ1n) is 5.33. The summed E-state index contributed by atoms with van der Waals surface area (Å²) < 4.78 is 26.1. The van der Waals surface area contributed by atoms with Gasteiger partial charge in [0.15, 0.2) is 0 Å². The van der Waals surface area contributed by atoms with Crippen LogP contribution in [0.15, 0.2) is 34.5 Å². The minimum atomic E-state index is -3.99. The quantitative estimate of drug-likeness (QED) is 0.842. The number of hydrogen-bond acceptors (Lipinski definition) is 5. The molecule has 1 saturated heterocycles. The molecule has 6 nitrogen and oxygen atoms in total. The van der Waals surface area contributed by atoms with Crippen molar-refractivity contribution in [2.75, 3.05) is 6.54 Å². The summed E-state index contributed by atoms with van der Waals surface area (Å²) in [6.45, 7) is -0.467. The van der Waals surface area contributed by atoms with Gasteiger partial charge in [-0.1, -0.05) is 18.2 Å². The van der Waals surface area contributed by atoms with Crippen molar-refractivity contribution in [3.63, 3.8) is 0 Å². The number of rotatable bonds is 2. The Morgan fingerprint density at radius 3 is 2.63 bits per heavy atom. The van der Waals surface area contributed by atoms with Crippen LogP contribution in [-0.2, 0) is 14.8 Å². The zero-order valence-corrected chi connectivity index (χ0v) is 11.1. The Labute approximate surface area is 112 Å². The van der Waals surface area contributed by atoms with E-state index in [1.807, 2.05) is 5.32 Å². The number of imide groups is 1. The van der Waals surface area contributed by atoms with Crippen LogP contribution in [0.25, 0.3) is 10.1 Å². The standard InChI is InChI=1S/C11H8N2O4S2/c14-10-5-13(11(15)12-10)19(16,17)9-6-18-8-4-2-1-3-7(8)9/h1-4,6H,5H2,(H,12,14,15). The summed E-state index contributed by atoms with van der Waals surface area (Å²) in [6.07, 6.45) is 0. The van der Waals surface area contributed by atoms with Crippen LogP contribution in [0.4, 0.5) is 4.79 Å². The molecule has 1 fully saturated rings. The molecule has 0 saturated carbocycles. The summed E-state index contributed by atoms with van der Waals surface area (Å²) in [5.41, 5.74) is 0. The van der Waals surface area contributed by atoms with Crippen LogP contribution in [0.2, 0.25) is 0 Å². The molecule has 2 heterocycles. The summed E-state index contributed by atoms with van der Waals surface area (Å²) in [6, 6.07) is 6.10. The maximum absolute atomic E-state index is 12.4. The van der Waals surface area contributed by atoms with E-state index < -0.39 is 28.5 Å². The summed E-state index contributed by atoms with van der Waals surface area (Å²) in [5, 5.41) is 3.99. The van der Waals surface area contributed by atoms with Gasteiger partial charge in [0.05, 0.1) is 0 Å². The predicted octanol–water partition coefficient (Wildman–Crippen LogP) is 1.14. The predicted molar refractivity (Wildman–Crippen MR) is 69.3 cm³/mol. The third kappa shape index (κ3) is 1.80. The second-order valence-electron chi connectivity index (χ2n) is 3.96. The van der Waals surface area contributed by atoms with Crippen molar-refractivity contribution in [1.29, 1.82) is 0 Å². The molecule has 19 heavy (non-hydrogen) atoms. The maximum atomic E-state index is 12.4. The fourth-order valence-corrected chi connectivity index (χ4v) is 4.65. The van der Waals surface area contributed by atoms with Gasteiger partial charge in [-0.3, -0.25) is 10.1 Å². The summed E-state index contributed by atoms with van der Waals surface area (Å²) in [7, 11) is -3.99. The highest BCUT2D eigenvalue weighted by molar-refractivity contribution is 7.90. The number of fused-ring (bicyclic) bond motifs is 1. The van der Waals surface area contributed by atoms with Crippen molar-refractivity contribution in [2.45, 2.75) is 4.90 Å². The van der Waals surface area contributed by atoms with Crippen molar-refractivity contribution >= 4 is 43.4 Å². The molecule has 1 aliphatic heterocycles. The first-order chi connectivity index (χ1) is 9.00. The number of amides is 3. The lowest BCUT2D eigenvalue weighted by molar-refractivity contribution is -0.118. The van der Waals surface area contributed by atoms with E-state index in [2.05, 4.69) is 0 Å². The number of benzene rings is 1. The number of thiophene rings is 1. The van der Waals surface area contributed by atoms with E-state index in [0.717, 1.165) is 4.70 Å². The third-order valence-corrected chi connectivity index (χ3v) is 5.66. The van der Waals surface area contributed by atoms with Crippen LogP contribution in [0.5, 0.6) is 0 Å². The summed E-state index contributed by atoms with van der Waals surface area (Å²) >= 11 is 1.28. The molecule has 3 amide bonds. The van der Waals surface area contributed by atoms with Gasteiger partial charge < -0.3 is 0 Å². The molecule has 0 spiro atoms. The number of nitrogens with zero attached hydrogens (tertiary/aromatic N) is 1. The zero-order valence-electron chi connectivity index (χ0n) is 9.49. The van der Waals surface area contributed by atoms with E-state index in [9.17, 15) is 18.0 Å². The Morgan fingerprint density at radius 1 is 1.21 bits per heavy atom. The van der Waals surface area contributed by atoms with Crippen LogP contribution in [0.3, 0.4) is 0 Å². The molecule has 1 N–H and O–H groups in total. The van der Waals surface area contributed by atoms with Gasteiger partial charge in [0, 0.05) is 15.5 Å². The smallest absolute Gasteiger partial charge is 0.275 e. The molecule has 2 aromatic rings. The van der Waals surface area contributed by atoms with Crippen molar-refractivity contribution in [3.05, 3.63) is 29.6 Å².